The maximum absolute atomic E-state index is 11.4. The van der Waals surface area contributed by atoms with E-state index in [-0.39, 0.29) is 59.7 Å². The zero-order chi connectivity index (χ0) is 31.7. The first-order chi connectivity index (χ1) is 21.0. The van der Waals surface area contributed by atoms with Crippen LogP contribution in [0, 0.1) is 10.4 Å². The van der Waals surface area contributed by atoms with E-state index in [0.29, 0.717) is 11.4 Å². The standard InChI is InChI=1S/2C15H20N4O3/c2*1-16-7-3-5-12(16)14-9-11(19(21)22)10-15(18(14)20)13-6-4-8-17(13)2/h2*3-8,14-15,20H,9-10H2,1-2H3,(H,21,22)/t2*14-,15-/m10/s1. The summed E-state index contributed by atoms with van der Waals surface area (Å²) in [6.45, 7) is 0. The number of hydrogen-bond donors (Lipinski definition) is 4. The summed E-state index contributed by atoms with van der Waals surface area (Å²) in [6, 6.07) is 13.7. The van der Waals surface area contributed by atoms with Gasteiger partial charge >= 0.3 is 0 Å². The molecule has 236 valence electrons. The Bertz CT molecular complexity index is 1410. The van der Waals surface area contributed by atoms with Gasteiger partial charge in [-0.05, 0) is 48.5 Å². The van der Waals surface area contributed by atoms with Gasteiger partial charge in [0.15, 0.2) is 0 Å². The van der Waals surface area contributed by atoms with Gasteiger partial charge in [0, 0.05) is 85.6 Å². The predicted octanol–water partition coefficient (Wildman–Crippen LogP) is 3.94. The molecule has 2 aliphatic rings. The van der Waals surface area contributed by atoms with Crippen molar-refractivity contribution in [2.24, 2.45) is 28.2 Å². The van der Waals surface area contributed by atoms with Crippen molar-refractivity contribution in [1.29, 1.82) is 0 Å². The molecule has 0 unspecified atom stereocenters. The van der Waals surface area contributed by atoms with Crippen molar-refractivity contribution < 1.29 is 30.6 Å². The van der Waals surface area contributed by atoms with E-state index in [9.17, 15) is 31.2 Å². The van der Waals surface area contributed by atoms with Crippen molar-refractivity contribution >= 4 is 11.4 Å². The van der Waals surface area contributed by atoms with Gasteiger partial charge in [-0.15, -0.1) is 0 Å². The summed E-state index contributed by atoms with van der Waals surface area (Å²) < 4.78 is 7.63. The van der Waals surface area contributed by atoms with E-state index in [1.807, 2.05) is 120 Å². The molecule has 4 aromatic rings. The van der Waals surface area contributed by atoms with Crippen LogP contribution in [-0.2, 0) is 28.2 Å². The van der Waals surface area contributed by atoms with Crippen LogP contribution in [0.2, 0.25) is 0 Å². The molecule has 4 atom stereocenters. The number of hydrogen-bond acceptors (Lipinski definition) is 8. The van der Waals surface area contributed by atoms with Crippen molar-refractivity contribution in [1.82, 2.24) is 28.4 Å². The first kappa shape index (κ1) is 30.9. The molecular formula is C30H40N8O6. The molecule has 0 aliphatic carbocycles. The second-order valence-corrected chi connectivity index (χ2v) is 11.5. The van der Waals surface area contributed by atoms with E-state index >= 15 is 0 Å². The van der Waals surface area contributed by atoms with Gasteiger partial charge in [0.1, 0.15) is 0 Å². The van der Waals surface area contributed by atoms with E-state index in [0.717, 1.165) is 22.8 Å². The second-order valence-electron chi connectivity index (χ2n) is 11.5. The SMILES string of the molecule is Cn1cccc1[C@@H]1CC(=[N+]([O-])O)C[C@@H](c2cccn2C)N1O.Cn1cccc1[C@H]1CC(=[N+]([O-])O)C[C@H](c2cccn2C)N1O. The van der Waals surface area contributed by atoms with Gasteiger partial charge in [-0.2, -0.15) is 10.1 Å². The molecule has 4 aromatic heterocycles. The van der Waals surface area contributed by atoms with Gasteiger partial charge in [0.2, 0.25) is 11.4 Å². The molecule has 44 heavy (non-hydrogen) atoms. The van der Waals surface area contributed by atoms with Crippen LogP contribution in [0.5, 0.6) is 0 Å². The summed E-state index contributed by atoms with van der Waals surface area (Å²) >= 11 is 0. The first-order valence-corrected chi connectivity index (χ1v) is 14.4. The summed E-state index contributed by atoms with van der Waals surface area (Å²) in [6.07, 6.45) is 8.71. The molecule has 0 saturated carbocycles. The van der Waals surface area contributed by atoms with Crippen LogP contribution in [0.3, 0.4) is 0 Å². The summed E-state index contributed by atoms with van der Waals surface area (Å²) in [4.78, 5) is -0.113. The van der Waals surface area contributed by atoms with Gasteiger partial charge in [-0.25, -0.2) is 0 Å². The van der Waals surface area contributed by atoms with Crippen LogP contribution < -0.4 is 0 Å². The first-order valence-electron chi connectivity index (χ1n) is 14.4. The number of rotatable bonds is 4. The van der Waals surface area contributed by atoms with E-state index < -0.39 is 0 Å². The highest BCUT2D eigenvalue weighted by Crippen LogP contribution is 2.40. The Morgan fingerprint density at radius 3 is 0.909 bits per heavy atom. The minimum Gasteiger partial charge on any atom is -0.418 e. The average Bonchev–Trinajstić information content (AvgIpc) is 3.79. The minimum absolute atomic E-state index is 0.0567. The molecule has 2 fully saturated rings. The fourth-order valence-corrected chi connectivity index (χ4v) is 6.42. The van der Waals surface area contributed by atoms with E-state index in [1.54, 1.807) is 0 Å². The zero-order valence-electron chi connectivity index (χ0n) is 25.2. The average molecular weight is 609 g/mol. The third kappa shape index (κ3) is 5.97. The van der Waals surface area contributed by atoms with Crippen molar-refractivity contribution in [2.75, 3.05) is 0 Å². The lowest BCUT2D eigenvalue weighted by molar-refractivity contribution is -0.728. The normalized spacial score (nSPS) is 23.0. The largest absolute Gasteiger partial charge is 0.418 e. The topological polar surface area (TPSA) is 159 Å². The van der Waals surface area contributed by atoms with Crippen molar-refractivity contribution in [2.45, 2.75) is 49.9 Å². The number of piperidine rings is 2. The maximum atomic E-state index is 11.4. The van der Waals surface area contributed by atoms with Crippen LogP contribution in [0.25, 0.3) is 0 Å². The fraction of sp³-hybridized carbons (Fsp3) is 0.400. The van der Waals surface area contributed by atoms with Crippen LogP contribution in [-0.4, -0.2) is 70.5 Å². The summed E-state index contributed by atoms with van der Waals surface area (Å²) in [5.74, 6) is 0. The minimum atomic E-state index is -0.382. The monoisotopic (exact) mass is 608 g/mol. The molecule has 0 radical (unpaired) electrons. The van der Waals surface area contributed by atoms with Crippen molar-refractivity contribution in [3.8, 4) is 0 Å². The lowest BCUT2D eigenvalue weighted by atomic mass is 9.92. The van der Waals surface area contributed by atoms with E-state index in [1.165, 1.54) is 10.1 Å². The molecule has 2 saturated heterocycles. The Morgan fingerprint density at radius 1 is 0.523 bits per heavy atom. The maximum Gasteiger partial charge on any atom is 0.225 e. The highest BCUT2D eigenvalue weighted by atomic mass is 16.8. The third-order valence-electron chi connectivity index (χ3n) is 8.84. The number of aryl methyl sites for hydroxylation is 4. The van der Waals surface area contributed by atoms with Crippen LogP contribution >= 0.6 is 0 Å². The van der Waals surface area contributed by atoms with Crippen LogP contribution in [0.4, 0.5) is 0 Å². The van der Waals surface area contributed by atoms with Crippen LogP contribution in [0.15, 0.2) is 73.3 Å². The summed E-state index contributed by atoms with van der Waals surface area (Å²) in [5.41, 5.74) is 4.29. The smallest absolute Gasteiger partial charge is 0.225 e. The predicted molar refractivity (Wildman–Crippen MR) is 159 cm³/mol. The lowest BCUT2D eigenvalue weighted by Gasteiger charge is -2.36. The Kier molecular flexibility index (Phi) is 8.87. The number of nitrogens with zero attached hydrogens (tertiary/aromatic N) is 8. The van der Waals surface area contributed by atoms with Gasteiger partial charge in [-0.3, -0.25) is 10.4 Å². The molecular weight excluding hydrogens is 568 g/mol. The molecule has 0 aromatic carbocycles. The van der Waals surface area contributed by atoms with Crippen LogP contribution in [0.1, 0.15) is 72.6 Å². The number of hydroxylamine groups is 4. The Labute approximate surface area is 255 Å². The molecule has 0 spiro atoms. The van der Waals surface area contributed by atoms with E-state index in [2.05, 4.69) is 0 Å². The van der Waals surface area contributed by atoms with Crippen molar-refractivity contribution in [3.05, 3.63) is 107 Å². The molecule has 14 heteroatoms. The Hall–Kier alpha value is -4.50. The highest BCUT2D eigenvalue weighted by molar-refractivity contribution is 5.82. The molecule has 6 heterocycles. The van der Waals surface area contributed by atoms with Gasteiger partial charge in [0.25, 0.3) is 0 Å². The second kappa shape index (κ2) is 12.6. The molecule has 14 nitrogen and oxygen atoms in total. The molecule has 0 bridgehead atoms. The lowest BCUT2D eigenvalue weighted by Crippen LogP contribution is -2.40. The molecule has 4 N–H and O–H groups in total. The summed E-state index contributed by atoms with van der Waals surface area (Å²) in [5, 5.41) is 65.6. The molecule has 6 rings (SSSR count). The number of aromatic nitrogens is 4. The Balaban J connectivity index is 0.000000175. The molecule has 0 amide bonds. The summed E-state index contributed by atoms with van der Waals surface area (Å²) in [7, 11) is 7.57. The zero-order valence-corrected chi connectivity index (χ0v) is 25.2. The van der Waals surface area contributed by atoms with E-state index in [4.69, 9.17) is 0 Å². The quantitative estimate of drug-likeness (QED) is 0.154. The van der Waals surface area contributed by atoms with Crippen molar-refractivity contribution in [3.63, 3.8) is 0 Å². The fourth-order valence-electron chi connectivity index (χ4n) is 6.42. The highest BCUT2D eigenvalue weighted by Gasteiger charge is 2.42. The van der Waals surface area contributed by atoms with Gasteiger partial charge < -0.3 is 39.1 Å². The van der Waals surface area contributed by atoms with Gasteiger partial charge in [0.05, 0.1) is 49.9 Å². The molecule has 2 aliphatic heterocycles. The Morgan fingerprint density at radius 2 is 0.750 bits per heavy atom. The van der Waals surface area contributed by atoms with Gasteiger partial charge in [-0.1, -0.05) is 0 Å². The third-order valence-corrected chi connectivity index (χ3v) is 8.84.